The second-order valence-corrected chi connectivity index (χ2v) is 6.19. The van der Waals surface area contributed by atoms with E-state index in [0.717, 1.165) is 19.5 Å². The van der Waals surface area contributed by atoms with Crippen molar-refractivity contribution >= 4 is 0 Å². The molecule has 1 N–H and O–H groups in total. The molecule has 0 aromatic carbocycles. The Hall–Kier alpha value is -0.800. The van der Waals surface area contributed by atoms with Gasteiger partial charge >= 0.3 is 0 Å². The first kappa shape index (κ1) is 17.3. The average Bonchev–Trinajstić information content (AvgIpc) is 2.90. The molecule has 0 fully saturated rings. The van der Waals surface area contributed by atoms with Crippen LogP contribution in [0.4, 0.5) is 0 Å². The second-order valence-electron chi connectivity index (χ2n) is 6.19. The quantitative estimate of drug-likeness (QED) is 0.697. The topological polar surface area (TPSA) is 26.2 Å². The minimum absolute atomic E-state index is 0.0479. The van der Waals surface area contributed by atoms with E-state index in [9.17, 15) is 0 Å². The van der Waals surface area contributed by atoms with Crippen molar-refractivity contribution in [1.82, 2.24) is 9.88 Å². The van der Waals surface area contributed by atoms with Crippen LogP contribution in [0.2, 0.25) is 0 Å². The van der Waals surface area contributed by atoms with Crippen LogP contribution in [0, 0.1) is 0 Å². The molecule has 0 spiro atoms. The van der Waals surface area contributed by atoms with Gasteiger partial charge < -0.3 is 14.6 Å². The summed E-state index contributed by atoms with van der Waals surface area (Å²) in [6, 6.07) is 2.75. The van der Waals surface area contributed by atoms with Gasteiger partial charge in [-0.3, -0.25) is 0 Å². The summed E-state index contributed by atoms with van der Waals surface area (Å²) in [7, 11) is 1.78. The molecule has 3 heteroatoms. The molecule has 0 aliphatic heterocycles. The lowest BCUT2D eigenvalue weighted by molar-refractivity contribution is 0.0120. The highest BCUT2D eigenvalue weighted by molar-refractivity contribution is 5.15. The largest absolute Gasteiger partial charge is 0.379 e. The van der Waals surface area contributed by atoms with Gasteiger partial charge in [0.15, 0.2) is 0 Å². The molecule has 0 saturated heterocycles. The molecule has 3 nitrogen and oxygen atoms in total. The number of hydrogen-bond acceptors (Lipinski definition) is 2. The van der Waals surface area contributed by atoms with Gasteiger partial charge in [0.05, 0.1) is 5.60 Å². The molecule has 1 aromatic rings. The Morgan fingerprint density at radius 3 is 2.65 bits per heavy atom. The van der Waals surface area contributed by atoms with Crippen LogP contribution < -0.4 is 5.32 Å². The lowest BCUT2D eigenvalue weighted by atomic mass is 10.1. The maximum absolute atomic E-state index is 5.48. The normalized spacial score (nSPS) is 13.7. The Kier molecular flexibility index (Phi) is 7.31. The maximum Gasteiger partial charge on any atom is 0.0639 e. The molecular formula is C17H32N2O. The molecule has 0 amide bonds. The molecule has 0 radical (unpaired) electrons. The average molecular weight is 280 g/mol. The summed E-state index contributed by atoms with van der Waals surface area (Å²) in [6.07, 6.45) is 9.10. The third-order valence-corrected chi connectivity index (χ3v) is 3.92. The van der Waals surface area contributed by atoms with Crippen molar-refractivity contribution < 1.29 is 4.74 Å². The van der Waals surface area contributed by atoms with E-state index in [0.29, 0.717) is 6.04 Å². The van der Waals surface area contributed by atoms with Crippen molar-refractivity contribution in [3.05, 3.63) is 24.0 Å². The fraction of sp³-hybridized carbons (Fsp3) is 0.765. The summed E-state index contributed by atoms with van der Waals surface area (Å²) in [5, 5.41) is 3.65. The van der Waals surface area contributed by atoms with Gasteiger partial charge in [-0.1, -0.05) is 20.3 Å². The van der Waals surface area contributed by atoms with Crippen LogP contribution >= 0.6 is 0 Å². The first-order valence-corrected chi connectivity index (χ1v) is 7.96. The SMILES string of the molecule is CCCNC(CCC)c1ccn(CCC(C)(C)OC)c1. The van der Waals surface area contributed by atoms with Crippen LogP contribution in [-0.4, -0.2) is 23.8 Å². The monoisotopic (exact) mass is 280 g/mol. The van der Waals surface area contributed by atoms with Gasteiger partial charge in [0, 0.05) is 32.1 Å². The molecule has 1 atom stereocenters. The number of aryl methyl sites for hydroxylation is 1. The van der Waals surface area contributed by atoms with E-state index in [1.165, 1.54) is 24.8 Å². The summed E-state index contributed by atoms with van der Waals surface area (Å²) in [4.78, 5) is 0. The van der Waals surface area contributed by atoms with Crippen LogP contribution in [0.25, 0.3) is 0 Å². The molecule has 0 aliphatic carbocycles. The fourth-order valence-corrected chi connectivity index (χ4v) is 2.30. The predicted octanol–water partition coefficient (Wildman–Crippen LogP) is 4.14. The lowest BCUT2D eigenvalue weighted by Crippen LogP contribution is -2.24. The van der Waals surface area contributed by atoms with Crippen molar-refractivity contribution in [3.8, 4) is 0 Å². The number of nitrogens with zero attached hydrogens (tertiary/aromatic N) is 1. The Morgan fingerprint density at radius 1 is 1.30 bits per heavy atom. The van der Waals surface area contributed by atoms with E-state index in [1.807, 2.05) is 0 Å². The highest BCUT2D eigenvalue weighted by Crippen LogP contribution is 2.20. The van der Waals surface area contributed by atoms with Crippen LogP contribution in [0.3, 0.4) is 0 Å². The Morgan fingerprint density at radius 2 is 2.05 bits per heavy atom. The molecule has 1 unspecified atom stereocenters. The molecule has 20 heavy (non-hydrogen) atoms. The minimum Gasteiger partial charge on any atom is -0.379 e. The van der Waals surface area contributed by atoms with Gasteiger partial charge in [0.1, 0.15) is 0 Å². The van der Waals surface area contributed by atoms with Crippen LogP contribution in [0.15, 0.2) is 18.5 Å². The molecule has 0 bridgehead atoms. The standard InChI is InChI=1S/C17H32N2O/c1-6-8-16(18-11-7-2)15-9-12-19(14-15)13-10-17(3,4)20-5/h9,12,14,16,18H,6-8,10-11,13H2,1-5H3. The zero-order valence-electron chi connectivity index (χ0n) is 13.9. The number of aromatic nitrogens is 1. The highest BCUT2D eigenvalue weighted by atomic mass is 16.5. The molecule has 1 rings (SSSR count). The molecule has 0 saturated carbocycles. The maximum atomic E-state index is 5.48. The Balaban J connectivity index is 2.59. The van der Waals surface area contributed by atoms with Crippen molar-refractivity contribution in [1.29, 1.82) is 0 Å². The molecular weight excluding hydrogens is 248 g/mol. The fourth-order valence-electron chi connectivity index (χ4n) is 2.30. The third-order valence-electron chi connectivity index (χ3n) is 3.92. The van der Waals surface area contributed by atoms with Gasteiger partial charge in [-0.25, -0.2) is 0 Å². The van der Waals surface area contributed by atoms with E-state index in [4.69, 9.17) is 4.74 Å². The third kappa shape index (κ3) is 5.68. The second kappa shape index (κ2) is 8.48. The van der Waals surface area contributed by atoms with E-state index in [-0.39, 0.29) is 5.60 Å². The Labute approximate surface area is 124 Å². The zero-order valence-corrected chi connectivity index (χ0v) is 13.9. The van der Waals surface area contributed by atoms with Gasteiger partial charge in [0.25, 0.3) is 0 Å². The number of ether oxygens (including phenoxy) is 1. The van der Waals surface area contributed by atoms with Gasteiger partial charge in [-0.15, -0.1) is 0 Å². The predicted molar refractivity (Wildman–Crippen MR) is 86.1 cm³/mol. The summed E-state index contributed by atoms with van der Waals surface area (Å²) in [6.45, 7) is 10.8. The first-order valence-electron chi connectivity index (χ1n) is 7.96. The van der Waals surface area contributed by atoms with E-state index < -0.39 is 0 Å². The van der Waals surface area contributed by atoms with Gasteiger partial charge in [-0.2, -0.15) is 0 Å². The molecule has 1 heterocycles. The lowest BCUT2D eigenvalue weighted by Gasteiger charge is -2.23. The molecule has 1 aromatic heterocycles. The van der Waals surface area contributed by atoms with Crippen LogP contribution in [0.5, 0.6) is 0 Å². The number of nitrogens with one attached hydrogen (secondary N) is 1. The minimum atomic E-state index is -0.0479. The highest BCUT2D eigenvalue weighted by Gasteiger charge is 2.16. The van der Waals surface area contributed by atoms with Crippen LogP contribution in [0.1, 0.15) is 65.0 Å². The van der Waals surface area contributed by atoms with Crippen molar-refractivity contribution in [2.75, 3.05) is 13.7 Å². The summed E-state index contributed by atoms with van der Waals surface area (Å²) < 4.78 is 7.76. The van der Waals surface area contributed by atoms with E-state index in [1.54, 1.807) is 7.11 Å². The summed E-state index contributed by atoms with van der Waals surface area (Å²) in [5.41, 5.74) is 1.36. The van der Waals surface area contributed by atoms with Gasteiger partial charge in [0.2, 0.25) is 0 Å². The first-order chi connectivity index (χ1) is 9.52. The molecule has 0 aliphatic rings. The van der Waals surface area contributed by atoms with E-state index >= 15 is 0 Å². The smallest absolute Gasteiger partial charge is 0.0639 e. The van der Waals surface area contributed by atoms with Crippen LogP contribution in [-0.2, 0) is 11.3 Å². The number of hydrogen-bond donors (Lipinski definition) is 1. The summed E-state index contributed by atoms with van der Waals surface area (Å²) >= 11 is 0. The van der Waals surface area contributed by atoms with E-state index in [2.05, 4.69) is 56.0 Å². The van der Waals surface area contributed by atoms with Crippen molar-refractivity contribution in [2.24, 2.45) is 0 Å². The molecule has 116 valence electrons. The Bertz CT molecular complexity index is 371. The summed E-state index contributed by atoms with van der Waals surface area (Å²) in [5.74, 6) is 0. The van der Waals surface area contributed by atoms with Crippen molar-refractivity contribution in [3.63, 3.8) is 0 Å². The number of rotatable bonds is 10. The number of methoxy groups -OCH3 is 1. The zero-order chi connectivity index (χ0) is 15.0. The van der Waals surface area contributed by atoms with Crippen molar-refractivity contribution in [2.45, 2.75) is 71.6 Å². The van der Waals surface area contributed by atoms with Gasteiger partial charge in [-0.05, 0) is 51.3 Å².